The van der Waals surface area contributed by atoms with Crippen LogP contribution in [0.2, 0.25) is 0 Å². The summed E-state index contributed by atoms with van der Waals surface area (Å²) in [7, 11) is 0. The van der Waals surface area contributed by atoms with E-state index in [-0.39, 0.29) is 5.70 Å². The van der Waals surface area contributed by atoms with Crippen LogP contribution in [-0.2, 0) is 0 Å². The molecule has 0 saturated carbocycles. The quantitative estimate of drug-likeness (QED) is 0.324. The van der Waals surface area contributed by atoms with E-state index in [9.17, 15) is 0 Å². The van der Waals surface area contributed by atoms with Crippen molar-refractivity contribution in [1.29, 1.82) is 15.8 Å². The molecule has 0 radical (unpaired) electrons. The smallest absolute Gasteiger partial charge is 0.154 e. The Morgan fingerprint density at radius 2 is 1.58 bits per heavy atom. The van der Waals surface area contributed by atoms with Crippen molar-refractivity contribution in [1.82, 2.24) is 0 Å². The van der Waals surface area contributed by atoms with Gasteiger partial charge in [-0.1, -0.05) is 0 Å². The summed E-state index contributed by atoms with van der Waals surface area (Å²) in [6.45, 7) is 0. The van der Waals surface area contributed by atoms with Crippen molar-refractivity contribution < 1.29 is 0 Å². The van der Waals surface area contributed by atoms with Crippen LogP contribution in [-0.4, -0.2) is 5.87 Å². The largest absolute Gasteiger partial charge is 0.762 e. The Morgan fingerprint density at radius 3 is 1.83 bits per heavy atom. The molecule has 0 aliphatic carbocycles. The molecule has 12 heavy (non-hydrogen) atoms. The van der Waals surface area contributed by atoms with Crippen LogP contribution in [0.15, 0.2) is 16.8 Å². The van der Waals surface area contributed by atoms with E-state index in [4.69, 9.17) is 26.9 Å². The third-order valence-electron chi connectivity index (χ3n) is 0.986. The van der Waals surface area contributed by atoms with E-state index < -0.39 is 11.1 Å². The zero-order chi connectivity index (χ0) is 9.56. The second-order valence-electron chi connectivity index (χ2n) is 1.61. The first-order chi connectivity index (χ1) is 5.71. The minimum absolute atomic E-state index is 0.370. The minimum Gasteiger partial charge on any atom is -0.762 e. The van der Waals surface area contributed by atoms with Crippen molar-refractivity contribution in [3.63, 3.8) is 0 Å². The van der Waals surface area contributed by atoms with Crippen LogP contribution < -0.4 is 5.73 Å². The summed E-state index contributed by atoms with van der Waals surface area (Å²) in [5, 5.41) is 33.2. The Morgan fingerprint density at radius 1 is 1.08 bits per heavy atom. The monoisotopic (exact) mass is 156 g/mol. The highest BCUT2D eigenvalue weighted by atomic mass is 14.6. The second-order valence-corrected chi connectivity index (χ2v) is 1.61. The van der Waals surface area contributed by atoms with Crippen LogP contribution in [0.25, 0.3) is 5.41 Å². The Labute approximate surface area is 68.8 Å². The first-order valence-electron chi connectivity index (χ1n) is 2.68. The molecule has 0 aliphatic rings. The fourth-order valence-corrected chi connectivity index (χ4v) is 0.416. The lowest BCUT2D eigenvalue weighted by Gasteiger charge is -1.94. The van der Waals surface area contributed by atoms with E-state index in [0.29, 0.717) is 0 Å². The van der Waals surface area contributed by atoms with Gasteiger partial charge in [0.15, 0.2) is 5.57 Å². The highest BCUT2D eigenvalue weighted by Gasteiger charge is 2.04. The highest BCUT2D eigenvalue weighted by molar-refractivity contribution is 5.74. The van der Waals surface area contributed by atoms with Gasteiger partial charge in [-0.05, 0) is 0 Å². The van der Waals surface area contributed by atoms with Crippen LogP contribution in [0.3, 0.4) is 0 Å². The first-order valence-corrected chi connectivity index (χ1v) is 2.68. The van der Waals surface area contributed by atoms with Gasteiger partial charge in [0.2, 0.25) is 0 Å². The number of hydrogen-bond acceptors (Lipinski definition) is 4. The number of nitrogens with two attached hydrogens (primary N) is 1. The normalized spacial score (nSPS) is 6.42. The predicted octanol–water partition coefficient (Wildman–Crippen LogP) is -0.0646. The molecule has 56 valence electrons. The molecule has 0 atom stereocenters. The molecule has 0 spiro atoms. The second kappa shape index (κ2) is 4.30. The van der Waals surface area contributed by atoms with Crippen LogP contribution >= 0.6 is 0 Å². The van der Waals surface area contributed by atoms with Gasteiger partial charge in [0.05, 0.1) is 11.3 Å². The molecule has 0 amide bonds. The third kappa shape index (κ3) is 1.72. The molecule has 0 unspecified atom stereocenters. The van der Waals surface area contributed by atoms with E-state index in [2.05, 4.69) is 0 Å². The van der Waals surface area contributed by atoms with Crippen molar-refractivity contribution in [2.45, 2.75) is 0 Å². The Bertz CT molecular complexity index is 373. The molecule has 0 bridgehead atoms. The van der Waals surface area contributed by atoms with E-state index in [1.807, 2.05) is 0 Å². The summed E-state index contributed by atoms with van der Waals surface area (Å²) in [6, 6.07) is 4.41. The number of allylic oxidation sites excluding steroid dienone is 2. The van der Waals surface area contributed by atoms with Gasteiger partial charge in [-0.3, -0.25) is 0 Å². The van der Waals surface area contributed by atoms with Gasteiger partial charge in [0, 0.05) is 0 Å². The van der Waals surface area contributed by atoms with Crippen LogP contribution in [0.5, 0.6) is 0 Å². The zero-order valence-corrected chi connectivity index (χ0v) is 5.87. The van der Waals surface area contributed by atoms with Crippen molar-refractivity contribution in [2.24, 2.45) is 5.73 Å². The molecule has 0 aliphatic heterocycles. The summed E-state index contributed by atoms with van der Waals surface area (Å²) in [5.74, 6) is 1.47. The maximum Gasteiger partial charge on any atom is 0.154 e. The number of rotatable bonds is 1. The van der Waals surface area contributed by atoms with Gasteiger partial charge in [-0.15, -0.1) is 0 Å². The van der Waals surface area contributed by atoms with Gasteiger partial charge in [-0.2, -0.15) is 15.8 Å². The van der Waals surface area contributed by atoms with Gasteiger partial charge in [0.1, 0.15) is 18.2 Å². The predicted molar refractivity (Wildman–Crippen MR) is 39.9 cm³/mol. The van der Waals surface area contributed by atoms with E-state index in [1.165, 1.54) is 24.1 Å². The van der Waals surface area contributed by atoms with Crippen LogP contribution in [0, 0.1) is 34.0 Å². The maximum absolute atomic E-state index is 8.29. The highest BCUT2D eigenvalue weighted by Crippen LogP contribution is 2.03. The lowest BCUT2D eigenvalue weighted by atomic mass is 10.1. The van der Waals surface area contributed by atoms with Crippen molar-refractivity contribution in [3.05, 3.63) is 22.3 Å². The van der Waals surface area contributed by atoms with E-state index in [1.54, 1.807) is 0 Å². The molecule has 0 heterocycles. The lowest BCUT2D eigenvalue weighted by molar-refractivity contribution is 1.32. The molecular weight excluding hydrogens is 154 g/mol. The van der Waals surface area contributed by atoms with Crippen molar-refractivity contribution in [2.75, 3.05) is 0 Å². The summed E-state index contributed by atoms with van der Waals surface area (Å²) >= 11 is 0. The molecule has 0 aromatic rings. The third-order valence-corrected chi connectivity index (χ3v) is 0.986. The molecule has 2 N–H and O–H groups in total. The summed E-state index contributed by atoms with van der Waals surface area (Å²) in [4.78, 5) is 0. The summed E-state index contributed by atoms with van der Waals surface area (Å²) in [5.41, 5.74) is 3.94. The molecule has 0 rings (SSSR count). The standard InChI is InChI=1S/C7H2N5/c8-1-5(2-9)7(12)6(3-10)4-11/h12H2/q-1. The lowest BCUT2D eigenvalue weighted by Crippen LogP contribution is -2.03. The summed E-state index contributed by atoms with van der Waals surface area (Å²) < 4.78 is 0. The number of nitrogens with zero attached hydrogens (tertiary/aromatic N) is 4. The number of nitriles is 3. The van der Waals surface area contributed by atoms with Gasteiger partial charge in [0.25, 0.3) is 0 Å². The fraction of sp³-hybridized carbons (Fsp3) is 0. The molecule has 5 nitrogen and oxygen atoms in total. The average molecular weight is 156 g/mol. The SMILES string of the molecule is N#CC(=C=[N-])C(N)=C(C#N)C#N. The zero-order valence-electron chi connectivity index (χ0n) is 5.87. The Kier molecular flexibility index (Phi) is 3.39. The van der Waals surface area contributed by atoms with E-state index in [0.717, 1.165) is 0 Å². The topological polar surface area (TPSA) is 120 Å². The molecular formula is C7H2N5-. The van der Waals surface area contributed by atoms with Gasteiger partial charge in [-0.25, -0.2) is 5.87 Å². The molecule has 0 aromatic heterocycles. The maximum atomic E-state index is 8.29. The van der Waals surface area contributed by atoms with Crippen molar-refractivity contribution >= 4 is 5.87 Å². The molecule has 0 aromatic carbocycles. The minimum atomic E-state index is -0.423. The van der Waals surface area contributed by atoms with Gasteiger partial charge >= 0.3 is 0 Å². The Balaban J connectivity index is 5.40. The van der Waals surface area contributed by atoms with Crippen LogP contribution in [0.4, 0.5) is 0 Å². The fourth-order valence-electron chi connectivity index (χ4n) is 0.416. The Hall–Kier alpha value is -2.54. The molecule has 0 fully saturated rings. The summed E-state index contributed by atoms with van der Waals surface area (Å²) in [6.07, 6.45) is 0. The number of hydrogen-bond donors (Lipinski definition) is 1. The molecule has 5 heteroatoms. The average Bonchev–Trinajstić information content (AvgIpc) is 2.09. The van der Waals surface area contributed by atoms with Crippen molar-refractivity contribution in [3.8, 4) is 18.2 Å². The molecule has 0 saturated heterocycles. The van der Waals surface area contributed by atoms with E-state index >= 15 is 0 Å². The van der Waals surface area contributed by atoms with Crippen LogP contribution in [0.1, 0.15) is 0 Å². The van der Waals surface area contributed by atoms with Gasteiger partial charge < -0.3 is 11.1 Å². The first kappa shape index (κ1) is 9.46.